The molecule has 1 aliphatic carbocycles. The van der Waals surface area contributed by atoms with Gasteiger partial charge >= 0.3 is 11.8 Å². The number of aromatic nitrogens is 1. The van der Waals surface area contributed by atoms with E-state index in [0.29, 0.717) is 24.4 Å². The molecule has 3 aromatic rings. The van der Waals surface area contributed by atoms with E-state index in [1.807, 2.05) is 79.9 Å². The van der Waals surface area contributed by atoms with Crippen LogP contribution in [0.4, 0.5) is 5.69 Å². The van der Waals surface area contributed by atoms with Gasteiger partial charge in [-0.3, -0.25) is 14.6 Å². The van der Waals surface area contributed by atoms with Crippen molar-refractivity contribution < 1.29 is 9.59 Å². The molecule has 0 aliphatic heterocycles. The summed E-state index contributed by atoms with van der Waals surface area (Å²) in [4.78, 5) is 29.1. The van der Waals surface area contributed by atoms with Gasteiger partial charge in [-0.05, 0) is 66.3 Å². The first kappa shape index (κ1) is 22.0. The number of nitrogen functional groups attached to an aromatic ring is 1. The number of nitrogens with one attached hydrogen (secondary N) is 2. The van der Waals surface area contributed by atoms with E-state index in [1.54, 1.807) is 6.20 Å². The number of aryl methyl sites for hydroxylation is 1. The second kappa shape index (κ2) is 9.96. The van der Waals surface area contributed by atoms with Gasteiger partial charge in [0.1, 0.15) is 0 Å². The van der Waals surface area contributed by atoms with E-state index in [4.69, 9.17) is 5.73 Å². The highest BCUT2D eigenvalue weighted by Crippen LogP contribution is 2.32. The molecule has 0 atom stereocenters. The fraction of sp³-hybridized carbons (Fsp3) is 0.148. The number of nitrogens with two attached hydrogens (primary N) is 1. The molecule has 0 saturated heterocycles. The van der Waals surface area contributed by atoms with Crippen LogP contribution in [0.5, 0.6) is 0 Å². The minimum atomic E-state index is -0.685. The quantitative estimate of drug-likeness (QED) is 0.420. The van der Waals surface area contributed by atoms with Gasteiger partial charge in [0.15, 0.2) is 0 Å². The molecular weight excluding hydrogens is 412 g/mol. The second-order valence-corrected chi connectivity index (χ2v) is 7.99. The van der Waals surface area contributed by atoms with Crippen LogP contribution in [0.2, 0.25) is 0 Å². The molecule has 2 aromatic carbocycles. The molecule has 0 unspecified atom stereocenters. The number of carbonyl (C=O) groups is 2. The van der Waals surface area contributed by atoms with Crippen molar-refractivity contribution in [3.63, 3.8) is 0 Å². The van der Waals surface area contributed by atoms with E-state index in [-0.39, 0.29) is 0 Å². The molecule has 1 aliphatic rings. The molecular formula is C27H26N4O2. The summed E-state index contributed by atoms with van der Waals surface area (Å²) in [6.45, 7) is 2.32. The fourth-order valence-electron chi connectivity index (χ4n) is 3.79. The lowest BCUT2D eigenvalue weighted by Crippen LogP contribution is -2.39. The summed E-state index contributed by atoms with van der Waals surface area (Å²) < 4.78 is 0. The van der Waals surface area contributed by atoms with Crippen molar-refractivity contribution in [3.8, 4) is 11.1 Å². The van der Waals surface area contributed by atoms with Crippen molar-refractivity contribution in [2.45, 2.75) is 26.3 Å². The van der Waals surface area contributed by atoms with Crippen molar-refractivity contribution in [3.05, 3.63) is 95.0 Å². The van der Waals surface area contributed by atoms with Gasteiger partial charge in [0.25, 0.3) is 0 Å². The van der Waals surface area contributed by atoms with Crippen LogP contribution >= 0.6 is 0 Å². The molecule has 2 amide bonds. The maximum Gasteiger partial charge on any atom is 0.313 e. The first-order valence-corrected chi connectivity index (χ1v) is 10.9. The molecule has 0 spiro atoms. The molecule has 33 heavy (non-hydrogen) atoms. The van der Waals surface area contributed by atoms with Crippen LogP contribution in [-0.2, 0) is 16.1 Å². The normalized spacial score (nSPS) is 14.3. The molecule has 0 fully saturated rings. The van der Waals surface area contributed by atoms with E-state index in [1.165, 1.54) is 0 Å². The number of hydrogen-bond acceptors (Lipinski definition) is 4. The third-order valence-electron chi connectivity index (χ3n) is 5.56. The Labute approximate surface area is 193 Å². The average Bonchev–Trinajstić information content (AvgIpc) is 2.80. The monoisotopic (exact) mass is 438 g/mol. The number of fused-ring (bicyclic) bond motifs is 1. The number of benzene rings is 2. The Morgan fingerprint density at radius 1 is 1.09 bits per heavy atom. The molecule has 1 aromatic heterocycles. The Morgan fingerprint density at radius 2 is 1.91 bits per heavy atom. The van der Waals surface area contributed by atoms with Crippen molar-refractivity contribution in [2.75, 3.05) is 5.73 Å². The van der Waals surface area contributed by atoms with Crippen molar-refractivity contribution >= 4 is 29.7 Å². The van der Waals surface area contributed by atoms with Crippen LogP contribution in [0.1, 0.15) is 35.1 Å². The number of anilines is 1. The zero-order chi connectivity index (χ0) is 23.2. The zero-order valence-electron chi connectivity index (χ0n) is 18.5. The fourth-order valence-corrected chi connectivity index (χ4v) is 3.79. The second-order valence-electron chi connectivity index (χ2n) is 7.99. The SMILES string of the molecule is Cc1ccncc1-c1cc(N)c2c(c1)/C=C(/NC(=O)C(=O)NCc1ccccc1)CCC=C2. The van der Waals surface area contributed by atoms with Crippen LogP contribution in [-0.4, -0.2) is 16.8 Å². The van der Waals surface area contributed by atoms with E-state index in [9.17, 15) is 9.59 Å². The largest absolute Gasteiger partial charge is 0.398 e. The van der Waals surface area contributed by atoms with E-state index in [2.05, 4.69) is 15.6 Å². The van der Waals surface area contributed by atoms with E-state index >= 15 is 0 Å². The highest BCUT2D eigenvalue weighted by molar-refractivity contribution is 6.35. The molecule has 1 heterocycles. The van der Waals surface area contributed by atoms with Gasteiger partial charge in [0.05, 0.1) is 0 Å². The molecule has 0 radical (unpaired) electrons. The van der Waals surface area contributed by atoms with Gasteiger partial charge in [-0.1, -0.05) is 42.5 Å². The Hall–Kier alpha value is -4.19. The molecule has 0 saturated carbocycles. The summed E-state index contributed by atoms with van der Waals surface area (Å²) in [5, 5.41) is 5.44. The number of rotatable bonds is 4. The zero-order valence-corrected chi connectivity index (χ0v) is 18.5. The van der Waals surface area contributed by atoms with Crippen LogP contribution in [0.25, 0.3) is 23.3 Å². The van der Waals surface area contributed by atoms with Gasteiger partial charge in [-0.25, -0.2) is 0 Å². The minimum Gasteiger partial charge on any atom is -0.398 e. The number of nitrogens with zero attached hydrogens (tertiary/aromatic N) is 1. The maximum atomic E-state index is 12.5. The minimum absolute atomic E-state index is 0.294. The molecule has 4 rings (SSSR count). The van der Waals surface area contributed by atoms with Crippen LogP contribution < -0.4 is 16.4 Å². The summed E-state index contributed by atoms with van der Waals surface area (Å²) >= 11 is 0. The van der Waals surface area contributed by atoms with Crippen LogP contribution in [0.3, 0.4) is 0 Å². The Kier molecular flexibility index (Phi) is 6.64. The molecule has 166 valence electrons. The Balaban J connectivity index is 1.56. The smallest absolute Gasteiger partial charge is 0.313 e. The predicted octanol–water partition coefficient (Wildman–Crippen LogP) is 4.22. The summed E-state index contributed by atoms with van der Waals surface area (Å²) in [5.41, 5.74) is 13.4. The lowest BCUT2D eigenvalue weighted by Gasteiger charge is -2.16. The molecule has 6 heteroatoms. The number of carbonyl (C=O) groups excluding carboxylic acids is 2. The average molecular weight is 439 g/mol. The molecule has 0 bridgehead atoms. The maximum absolute atomic E-state index is 12.5. The standard InChI is InChI=1S/C27H26N4O2/c1-18-11-12-29-17-24(18)21-13-20-14-22(9-5-6-10-23(20)25(28)15-21)31-27(33)26(32)30-16-19-7-3-2-4-8-19/h2-4,6-8,10-15,17H,5,9,16,28H2,1H3,(H,30,32)(H,31,33)/b10-6?,22-14+. The van der Waals surface area contributed by atoms with E-state index < -0.39 is 11.8 Å². The van der Waals surface area contributed by atoms with Crippen molar-refractivity contribution in [1.29, 1.82) is 0 Å². The molecule has 6 nitrogen and oxygen atoms in total. The van der Waals surface area contributed by atoms with Gasteiger partial charge in [-0.15, -0.1) is 0 Å². The first-order valence-electron chi connectivity index (χ1n) is 10.9. The third kappa shape index (κ3) is 5.36. The highest BCUT2D eigenvalue weighted by Gasteiger charge is 2.16. The number of hydrogen-bond donors (Lipinski definition) is 3. The highest BCUT2D eigenvalue weighted by atomic mass is 16.2. The van der Waals surface area contributed by atoms with Crippen LogP contribution in [0.15, 0.2) is 72.7 Å². The summed E-state index contributed by atoms with van der Waals surface area (Å²) in [6.07, 6.45) is 10.8. The van der Waals surface area contributed by atoms with Gasteiger partial charge in [0.2, 0.25) is 0 Å². The van der Waals surface area contributed by atoms with Crippen molar-refractivity contribution in [1.82, 2.24) is 15.6 Å². The van der Waals surface area contributed by atoms with Crippen molar-refractivity contribution in [2.24, 2.45) is 0 Å². The third-order valence-corrected chi connectivity index (χ3v) is 5.56. The number of pyridine rings is 1. The summed E-state index contributed by atoms with van der Waals surface area (Å²) in [5.74, 6) is -1.35. The topological polar surface area (TPSA) is 97.1 Å². The van der Waals surface area contributed by atoms with E-state index in [0.717, 1.165) is 39.8 Å². The Morgan fingerprint density at radius 3 is 2.70 bits per heavy atom. The lowest BCUT2D eigenvalue weighted by molar-refractivity contribution is -0.138. The first-order chi connectivity index (χ1) is 16.0. The number of allylic oxidation sites excluding steroid dienone is 2. The van der Waals surface area contributed by atoms with Crippen LogP contribution in [0, 0.1) is 6.92 Å². The molecule has 4 N–H and O–H groups in total. The summed E-state index contributed by atoms with van der Waals surface area (Å²) in [6, 6.07) is 15.4. The van der Waals surface area contributed by atoms with Gasteiger partial charge < -0.3 is 16.4 Å². The van der Waals surface area contributed by atoms with Gasteiger partial charge in [0, 0.05) is 41.4 Å². The lowest BCUT2D eigenvalue weighted by atomic mass is 9.93. The predicted molar refractivity (Wildman–Crippen MR) is 131 cm³/mol. The van der Waals surface area contributed by atoms with Gasteiger partial charge in [-0.2, -0.15) is 0 Å². The number of amides is 2. The summed E-state index contributed by atoms with van der Waals surface area (Å²) in [7, 11) is 0. The Bertz CT molecular complexity index is 1250.